The van der Waals surface area contributed by atoms with E-state index in [9.17, 15) is 4.79 Å². The summed E-state index contributed by atoms with van der Waals surface area (Å²) in [5.41, 5.74) is 0.716. The number of ether oxygens (including phenoxy) is 1. The van der Waals surface area contributed by atoms with Crippen molar-refractivity contribution in [1.82, 2.24) is 9.88 Å². The molecule has 1 atom stereocenters. The second-order valence-electron chi connectivity index (χ2n) is 5.32. The SMILES string of the molecule is O=C(c1ccc(Br)cc1)N1CCC[C@@H](Oc2ccncc2)C1. The fourth-order valence-corrected chi connectivity index (χ4v) is 2.87. The molecule has 5 heteroatoms. The third-order valence-corrected chi connectivity index (χ3v) is 4.24. The van der Waals surface area contributed by atoms with Gasteiger partial charge in [-0.3, -0.25) is 9.78 Å². The van der Waals surface area contributed by atoms with E-state index < -0.39 is 0 Å². The van der Waals surface area contributed by atoms with Crippen molar-refractivity contribution in [2.24, 2.45) is 0 Å². The van der Waals surface area contributed by atoms with Crippen LogP contribution >= 0.6 is 15.9 Å². The summed E-state index contributed by atoms with van der Waals surface area (Å²) in [6.45, 7) is 1.41. The highest BCUT2D eigenvalue weighted by Gasteiger charge is 2.25. The third kappa shape index (κ3) is 3.65. The smallest absolute Gasteiger partial charge is 0.253 e. The van der Waals surface area contributed by atoms with Gasteiger partial charge >= 0.3 is 0 Å². The predicted molar refractivity (Wildman–Crippen MR) is 87.9 cm³/mol. The molecule has 1 amide bonds. The number of carbonyl (C=O) groups is 1. The van der Waals surface area contributed by atoms with Gasteiger partial charge in [-0.15, -0.1) is 0 Å². The Morgan fingerprint density at radius 3 is 2.64 bits per heavy atom. The molecule has 1 aliphatic heterocycles. The summed E-state index contributed by atoms with van der Waals surface area (Å²) in [4.78, 5) is 18.4. The topological polar surface area (TPSA) is 42.4 Å². The number of amides is 1. The number of piperidine rings is 1. The van der Waals surface area contributed by atoms with E-state index in [2.05, 4.69) is 20.9 Å². The maximum Gasteiger partial charge on any atom is 0.253 e. The highest BCUT2D eigenvalue weighted by Crippen LogP contribution is 2.20. The van der Waals surface area contributed by atoms with Gasteiger partial charge in [0.15, 0.2) is 0 Å². The summed E-state index contributed by atoms with van der Waals surface area (Å²) in [7, 11) is 0. The quantitative estimate of drug-likeness (QED) is 0.840. The second kappa shape index (κ2) is 6.92. The molecule has 1 aromatic heterocycles. The number of likely N-dealkylation sites (tertiary alicyclic amines) is 1. The van der Waals surface area contributed by atoms with Gasteiger partial charge in [0.05, 0.1) is 6.54 Å². The zero-order valence-corrected chi connectivity index (χ0v) is 13.7. The number of benzene rings is 1. The molecular formula is C17H17BrN2O2. The van der Waals surface area contributed by atoms with E-state index in [-0.39, 0.29) is 12.0 Å². The number of rotatable bonds is 3. The number of hydrogen-bond donors (Lipinski definition) is 0. The molecule has 2 aromatic rings. The maximum absolute atomic E-state index is 12.6. The van der Waals surface area contributed by atoms with Crippen LogP contribution in [0.4, 0.5) is 0 Å². The molecule has 22 heavy (non-hydrogen) atoms. The van der Waals surface area contributed by atoms with Crippen molar-refractivity contribution >= 4 is 21.8 Å². The number of hydrogen-bond acceptors (Lipinski definition) is 3. The first kappa shape index (κ1) is 15.0. The van der Waals surface area contributed by atoms with Gasteiger partial charge in [0.1, 0.15) is 11.9 Å². The summed E-state index contributed by atoms with van der Waals surface area (Å²) in [5, 5.41) is 0. The lowest BCUT2D eigenvalue weighted by molar-refractivity contribution is 0.0538. The van der Waals surface area contributed by atoms with Gasteiger partial charge in [0, 0.05) is 29.0 Å². The van der Waals surface area contributed by atoms with Gasteiger partial charge in [-0.2, -0.15) is 0 Å². The molecule has 1 fully saturated rings. The molecule has 0 spiro atoms. The van der Waals surface area contributed by atoms with Gasteiger partial charge in [-0.25, -0.2) is 0 Å². The molecule has 3 rings (SSSR count). The molecule has 114 valence electrons. The first-order valence-corrected chi connectivity index (χ1v) is 8.13. The van der Waals surface area contributed by atoms with Crippen LogP contribution in [0.25, 0.3) is 0 Å². The number of pyridine rings is 1. The highest BCUT2D eigenvalue weighted by atomic mass is 79.9. The first-order chi connectivity index (χ1) is 10.7. The van der Waals surface area contributed by atoms with Crippen molar-refractivity contribution in [1.29, 1.82) is 0 Å². The standard InChI is InChI=1S/C17H17BrN2O2/c18-14-5-3-13(4-6-14)17(21)20-11-1-2-16(12-20)22-15-7-9-19-10-8-15/h3-10,16H,1-2,11-12H2/t16-/m1/s1. The highest BCUT2D eigenvalue weighted by molar-refractivity contribution is 9.10. The Morgan fingerprint density at radius 1 is 1.18 bits per heavy atom. The van der Waals surface area contributed by atoms with Crippen LogP contribution in [0.2, 0.25) is 0 Å². The summed E-state index contributed by atoms with van der Waals surface area (Å²) in [6, 6.07) is 11.2. The first-order valence-electron chi connectivity index (χ1n) is 7.34. The fraction of sp³-hybridized carbons (Fsp3) is 0.294. The number of nitrogens with zero attached hydrogens (tertiary/aromatic N) is 2. The normalized spacial score (nSPS) is 18.0. The Bertz CT molecular complexity index is 631. The molecule has 0 unspecified atom stereocenters. The monoisotopic (exact) mass is 360 g/mol. The molecule has 0 N–H and O–H groups in total. The molecule has 1 aliphatic rings. The van der Waals surface area contributed by atoms with Crippen LogP contribution in [0.3, 0.4) is 0 Å². The van der Waals surface area contributed by atoms with Crippen LogP contribution in [0.15, 0.2) is 53.3 Å². The van der Waals surface area contributed by atoms with Crippen molar-refractivity contribution in [2.45, 2.75) is 18.9 Å². The Hall–Kier alpha value is -1.88. The minimum absolute atomic E-state index is 0.0375. The van der Waals surface area contributed by atoms with Gasteiger partial charge in [0.25, 0.3) is 5.91 Å². The van der Waals surface area contributed by atoms with Crippen molar-refractivity contribution in [3.63, 3.8) is 0 Å². The average molecular weight is 361 g/mol. The van der Waals surface area contributed by atoms with Crippen molar-refractivity contribution < 1.29 is 9.53 Å². The largest absolute Gasteiger partial charge is 0.488 e. The fourth-order valence-electron chi connectivity index (χ4n) is 2.60. The molecule has 0 bridgehead atoms. The van der Waals surface area contributed by atoms with E-state index in [0.717, 1.165) is 29.6 Å². The van der Waals surface area contributed by atoms with Crippen LogP contribution < -0.4 is 4.74 Å². The van der Waals surface area contributed by atoms with Crippen molar-refractivity contribution in [3.8, 4) is 5.75 Å². The van der Waals surface area contributed by atoms with Crippen LogP contribution in [0.1, 0.15) is 23.2 Å². The zero-order valence-electron chi connectivity index (χ0n) is 12.1. The van der Waals surface area contributed by atoms with E-state index in [0.29, 0.717) is 12.1 Å². The summed E-state index contributed by atoms with van der Waals surface area (Å²) >= 11 is 3.39. The molecule has 2 heterocycles. The Kier molecular flexibility index (Phi) is 4.73. The van der Waals surface area contributed by atoms with E-state index in [4.69, 9.17) is 4.74 Å². The predicted octanol–water partition coefficient (Wildman–Crippen LogP) is 3.53. The second-order valence-corrected chi connectivity index (χ2v) is 6.24. The molecule has 1 saturated heterocycles. The van der Waals surface area contributed by atoms with Crippen molar-refractivity contribution in [2.75, 3.05) is 13.1 Å². The number of aromatic nitrogens is 1. The molecule has 0 aliphatic carbocycles. The van der Waals surface area contributed by atoms with Crippen molar-refractivity contribution in [3.05, 3.63) is 58.8 Å². The molecular weight excluding hydrogens is 344 g/mol. The van der Waals surface area contributed by atoms with E-state index in [1.54, 1.807) is 12.4 Å². The number of carbonyl (C=O) groups excluding carboxylic acids is 1. The van der Waals surface area contributed by atoms with E-state index in [1.807, 2.05) is 41.3 Å². The van der Waals surface area contributed by atoms with Gasteiger partial charge in [-0.1, -0.05) is 15.9 Å². The van der Waals surface area contributed by atoms with Gasteiger partial charge in [-0.05, 0) is 49.2 Å². The molecule has 0 radical (unpaired) electrons. The van der Waals surface area contributed by atoms with Gasteiger partial charge < -0.3 is 9.64 Å². The van der Waals surface area contributed by atoms with Crippen LogP contribution in [0.5, 0.6) is 5.75 Å². The summed E-state index contributed by atoms with van der Waals surface area (Å²) in [5.74, 6) is 0.869. The number of halogens is 1. The van der Waals surface area contributed by atoms with E-state index in [1.165, 1.54) is 0 Å². The average Bonchev–Trinajstić information content (AvgIpc) is 2.56. The van der Waals surface area contributed by atoms with Gasteiger partial charge in [0.2, 0.25) is 0 Å². The lowest BCUT2D eigenvalue weighted by Gasteiger charge is -2.33. The molecule has 1 aromatic carbocycles. The minimum Gasteiger partial charge on any atom is -0.488 e. The molecule has 0 saturated carbocycles. The minimum atomic E-state index is 0.0375. The zero-order chi connectivity index (χ0) is 15.4. The Labute approximate surface area is 138 Å². The Balaban J connectivity index is 1.65. The summed E-state index contributed by atoms with van der Waals surface area (Å²) in [6.07, 6.45) is 5.38. The van der Waals surface area contributed by atoms with Crippen LogP contribution in [0, 0.1) is 0 Å². The summed E-state index contributed by atoms with van der Waals surface area (Å²) < 4.78 is 6.92. The lowest BCUT2D eigenvalue weighted by atomic mass is 10.1. The lowest BCUT2D eigenvalue weighted by Crippen LogP contribution is -2.44. The Morgan fingerprint density at radius 2 is 1.91 bits per heavy atom. The third-order valence-electron chi connectivity index (χ3n) is 3.71. The molecule has 4 nitrogen and oxygen atoms in total. The van der Waals surface area contributed by atoms with Crippen LogP contribution in [-0.4, -0.2) is 35.0 Å². The van der Waals surface area contributed by atoms with Crippen LogP contribution in [-0.2, 0) is 0 Å². The van der Waals surface area contributed by atoms with E-state index >= 15 is 0 Å². The maximum atomic E-state index is 12.6.